The van der Waals surface area contributed by atoms with Gasteiger partial charge < -0.3 is 9.72 Å². The van der Waals surface area contributed by atoms with Crippen molar-refractivity contribution in [3.05, 3.63) is 57.0 Å². The standard InChI is InChI=1S/C17H10BrClFN3O/c1-24-16-12(18)5-9(6-13(16)19)4-10(8-21)17-22-14-3-2-11(20)7-15(14)23-17/h2-7H,1H3,(H,22,23)/b10-4-. The van der Waals surface area contributed by atoms with Crippen molar-refractivity contribution in [2.45, 2.75) is 0 Å². The van der Waals surface area contributed by atoms with E-state index in [1.54, 1.807) is 24.3 Å². The molecule has 120 valence electrons. The number of nitriles is 1. The van der Waals surface area contributed by atoms with Crippen molar-refractivity contribution in [1.82, 2.24) is 9.97 Å². The Kier molecular flexibility index (Phi) is 4.56. The maximum atomic E-state index is 13.3. The smallest absolute Gasteiger partial charge is 0.151 e. The number of rotatable bonds is 3. The summed E-state index contributed by atoms with van der Waals surface area (Å²) in [4.78, 5) is 7.27. The zero-order chi connectivity index (χ0) is 17.3. The molecule has 0 amide bonds. The molecule has 1 heterocycles. The quantitative estimate of drug-likeness (QED) is 0.609. The molecule has 0 unspecified atom stereocenters. The first kappa shape index (κ1) is 16.5. The zero-order valence-electron chi connectivity index (χ0n) is 12.4. The number of imidazole rings is 1. The van der Waals surface area contributed by atoms with Crippen LogP contribution in [0.4, 0.5) is 4.39 Å². The molecule has 0 spiro atoms. The lowest BCUT2D eigenvalue weighted by Crippen LogP contribution is -1.88. The highest BCUT2D eigenvalue weighted by Gasteiger charge is 2.11. The summed E-state index contributed by atoms with van der Waals surface area (Å²) >= 11 is 9.53. The minimum atomic E-state index is -0.369. The number of aromatic amines is 1. The van der Waals surface area contributed by atoms with Crippen LogP contribution in [0.2, 0.25) is 5.02 Å². The van der Waals surface area contributed by atoms with E-state index >= 15 is 0 Å². The van der Waals surface area contributed by atoms with Crippen LogP contribution in [0, 0.1) is 17.1 Å². The third kappa shape index (κ3) is 3.14. The van der Waals surface area contributed by atoms with Crippen LogP contribution in [-0.2, 0) is 0 Å². The SMILES string of the molecule is COc1c(Cl)cc(/C=C(/C#N)c2nc3ccc(F)cc3[nH]2)cc1Br. The van der Waals surface area contributed by atoms with Gasteiger partial charge in [0.2, 0.25) is 0 Å². The molecule has 1 N–H and O–H groups in total. The second-order valence-corrected chi connectivity index (χ2v) is 6.20. The number of methoxy groups -OCH3 is 1. The molecule has 2 aromatic carbocycles. The molecule has 0 aliphatic carbocycles. The number of aromatic nitrogens is 2. The molecule has 0 atom stereocenters. The van der Waals surface area contributed by atoms with E-state index in [0.717, 1.165) is 0 Å². The molecular weight excluding hydrogens is 397 g/mol. The number of allylic oxidation sites excluding steroid dienone is 1. The molecule has 0 radical (unpaired) electrons. The maximum absolute atomic E-state index is 13.3. The summed E-state index contributed by atoms with van der Waals surface area (Å²) in [5.41, 5.74) is 2.12. The van der Waals surface area contributed by atoms with Gasteiger partial charge in [-0.3, -0.25) is 0 Å². The van der Waals surface area contributed by atoms with E-state index < -0.39 is 0 Å². The highest BCUT2D eigenvalue weighted by atomic mass is 79.9. The number of nitrogens with zero attached hydrogens (tertiary/aromatic N) is 2. The van der Waals surface area contributed by atoms with Crippen LogP contribution >= 0.6 is 27.5 Å². The fourth-order valence-corrected chi connectivity index (χ4v) is 3.35. The summed E-state index contributed by atoms with van der Waals surface area (Å²) in [6.07, 6.45) is 1.64. The van der Waals surface area contributed by atoms with Crippen LogP contribution in [0.25, 0.3) is 22.7 Å². The van der Waals surface area contributed by atoms with Crippen molar-refractivity contribution in [1.29, 1.82) is 5.26 Å². The fraction of sp³-hybridized carbons (Fsp3) is 0.0588. The van der Waals surface area contributed by atoms with Gasteiger partial charge in [-0.05, 0) is 57.9 Å². The summed E-state index contributed by atoms with van der Waals surface area (Å²) in [5, 5.41) is 9.86. The Morgan fingerprint density at radius 1 is 1.42 bits per heavy atom. The van der Waals surface area contributed by atoms with Crippen molar-refractivity contribution < 1.29 is 9.13 Å². The molecule has 0 aliphatic rings. The third-order valence-corrected chi connectivity index (χ3v) is 4.23. The third-order valence-electron chi connectivity index (χ3n) is 3.36. The molecule has 0 saturated carbocycles. The summed E-state index contributed by atoms with van der Waals surface area (Å²) < 4.78 is 19.1. The maximum Gasteiger partial charge on any atom is 0.151 e. The summed E-state index contributed by atoms with van der Waals surface area (Å²) in [7, 11) is 1.52. The molecule has 1 aromatic heterocycles. The summed E-state index contributed by atoms with van der Waals surface area (Å²) in [5.74, 6) is 0.513. The van der Waals surface area contributed by atoms with Crippen LogP contribution in [0.5, 0.6) is 5.75 Å². The van der Waals surface area contributed by atoms with Crippen molar-refractivity contribution in [3.8, 4) is 11.8 Å². The number of hydrogen-bond donors (Lipinski definition) is 1. The first-order valence-electron chi connectivity index (χ1n) is 6.82. The van der Waals surface area contributed by atoms with Gasteiger partial charge in [-0.25, -0.2) is 9.37 Å². The van der Waals surface area contributed by atoms with Crippen LogP contribution in [0.1, 0.15) is 11.4 Å². The summed E-state index contributed by atoms with van der Waals surface area (Å²) in [6, 6.07) is 9.77. The largest absolute Gasteiger partial charge is 0.494 e. The molecule has 0 bridgehead atoms. The Morgan fingerprint density at radius 3 is 2.88 bits per heavy atom. The highest BCUT2D eigenvalue weighted by Crippen LogP contribution is 2.35. The zero-order valence-corrected chi connectivity index (χ0v) is 14.7. The molecule has 3 rings (SSSR count). The van der Waals surface area contributed by atoms with Gasteiger partial charge in [0.15, 0.2) is 5.75 Å². The van der Waals surface area contributed by atoms with Crippen molar-refractivity contribution in [2.24, 2.45) is 0 Å². The first-order chi connectivity index (χ1) is 11.5. The van der Waals surface area contributed by atoms with E-state index in [4.69, 9.17) is 16.3 Å². The topological polar surface area (TPSA) is 61.7 Å². The van der Waals surface area contributed by atoms with Gasteiger partial charge in [-0.1, -0.05) is 11.6 Å². The molecular formula is C17H10BrClFN3O. The van der Waals surface area contributed by atoms with Crippen LogP contribution in [0.3, 0.4) is 0 Å². The first-order valence-corrected chi connectivity index (χ1v) is 7.99. The van der Waals surface area contributed by atoms with Crippen LogP contribution < -0.4 is 4.74 Å². The predicted molar refractivity (Wildman–Crippen MR) is 95.2 cm³/mol. The Labute approximate surface area is 150 Å². The number of ether oxygens (including phenoxy) is 1. The van der Waals surface area contributed by atoms with Crippen molar-refractivity contribution >= 4 is 50.2 Å². The number of halogens is 3. The Balaban J connectivity index is 2.07. The predicted octanol–water partition coefficient (Wildman–Crippen LogP) is 5.19. The van der Waals surface area contributed by atoms with E-state index in [1.165, 1.54) is 19.2 Å². The van der Waals surface area contributed by atoms with Gasteiger partial charge >= 0.3 is 0 Å². The van der Waals surface area contributed by atoms with Gasteiger partial charge in [-0.15, -0.1) is 0 Å². The molecule has 0 aliphatic heterocycles. The van der Waals surface area contributed by atoms with Gasteiger partial charge in [0.25, 0.3) is 0 Å². The number of hydrogen-bond acceptors (Lipinski definition) is 3. The molecule has 3 aromatic rings. The normalized spacial score (nSPS) is 11.5. The Bertz CT molecular complexity index is 984. The van der Waals surface area contributed by atoms with Gasteiger partial charge in [0, 0.05) is 0 Å². The van der Waals surface area contributed by atoms with E-state index in [0.29, 0.717) is 43.2 Å². The lowest BCUT2D eigenvalue weighted by molar-refractivity contribution is 0.412. The van der Waals surface area contributed by atoms with Crippen molar-refractivity contribution in [2.75, 3.05) is 7.11 Å². The summed E-state index contributed by atoms with van der Waals surface area (Å²) in [6.45, 7) is 0. The van der Waals surface area contributed by atoms with Crippen molar-refractivity contribution in [3.63, 3.8) is 0 Å². The number of nitrogens with one attached hydrogen (secondary N) is 1. The Hall–Kier alpha value is -2.36. The van der Waals surface area contributed by atoms with Crippen LogP contribution in [0.15, 0.2) is 34.8 Å². The van der Waals surface area contributed by atoms with Gasteiger partial charge in [0.1, 0.15) is 17.7 Å². The lowest BCUT2D eigenvalue weighted by atomic mass is 10.1. The number of benzene rings is 2. The Morgan fingerprint density at radius 2 is 2.21 bits per heavy atom. The molecule has 0 fully saturated rings. The minimum absolute atomic E-state index is 0.305. The average Bonchev–Trinajstić information content (AvgIpc) is 2.95. The molecule has 24 heavy (non-hydrogen) atoms. The van der Waals surface area contributed by atoms with Crippen LogP contribution in [-0.4, -0.2) is 17.1 Å². The van der Waals surface area contributed by atoms with Gasteiger partial charge in [-0.2, -0.15) is 5.26 Å². The van der Waals surface area contributed by atoms with E-state index in [9.17, 15) is 9.65 Å². The van der Waals surface area contributed by atoms with E-state index in [1.807, 2.05) is 0 Å². The fourth-order valence-electron chi connectivity index (χ4n) is 2.29. The van der Waals surface area contributed by atoms with E-state index in [2.05, 4.69) is 32.0 Å². The number of fused-ring (bicyclic) bond motifs is 1. The second kappa shape index (κ2) is 6.63. The minimum Gasteiger partial charge on any atom is -0.494 e. The monoisotopic (exact) mass is 405 g/mol. The molecule has 0 saturated heterocycles. The average molecular weight is 407 g/mol. The second-order valence-electron chi connectivity index (χ2n) is 4.93. The highest BCUT2D eigenvalue weighted by molar-refractivity contribution is 9.10. The molecule has 4 nitrogen and oxygen atoms in total. The lowest BCUT2D eigenvalue weighted by Gasteiger charge is -2.07. The van der Waals surface area contributed by atoms with E-state index in [-0.39, 0.29) is 5.82 Å². The molecule has 7 heteroatoms. The van der Waals surface area contributed by atoms with Gasteiger partial charge in [0.05, 0.1) is 33.2 Å². The number of H-pyrrole nitrogens is 1.